The molecule has 0 N–H and O–H groups in total. The van der Waals surface area contributed by atoms with Crippen molar-refractivity contribution < 1.29 is 13.2 Å². The number of hydrogen-bond acceptors (Lipinski definition) is 5. The molecule has 0 aliphatic carbocycles. The second-order valence-corrected chi connectivity index (χ2v) is 12.8. The number of allylic oxidation sites excluding steroid dienone is 1. The number of aryl methyl sites for hydroxylation is 1. The number of rotatable bonds is 6. The number of benzene rings is 2. The number of carbonyl (C=O) groups excluding carboxylic acids is 1. The molecule has 4 nitrogen and oxygen atoms in total. The van der Waals surface area contributed by atoms with Crippen LogP contribution < -0.4 is 4.90 Å². The summed E-state index contributed by atoms with van der Waals surface area (Å²) in [7, 11) is -3.37. The lowest BCUT2D eigenvalue weighted by Gasteiger charge is -2.23. The fraction of sp³-hybridized carbons (Fsp3) is 0.444. The van der Waals surface area contributed by atoms with Gasteiger partial charge in [-0.15, -0.1) is 11.8 Å². The standard InChI is InChI=1S/C27H33NO3S2/c1-19-6-8-23(9-7-19)28-13-4-5-21(12-14-28)16-27(29)26-17-24(33(3,30)31)10-11-25(26)22-15-20(2)32-18-22/h6-11,17-18,20-21H,4-5,12-16H2,1-3H3. The highest BCUT2D eigenvalue weighted by molar-refractivity contribution is 8.03. The molecular formula is C27H33NO3S2. The maximum absolute atomic E-state index is 13.5. The van der Waals surface area contributed by atoms with Crippen LogP contribution in [-0.2, 0) is 9.84 Å². The Hall–Kier alpha value is -2.05. The Balaban J connectivity index is 1.52. The van der Waals surface area contributed by atoms with Crippen molar-refractivity contribution >= 4 is 38.6 Å². The van der Waals surface area contributed by atoms with Gasteiger partial charge in [-0.2, -0.15) is 0 Å². The zero-order valence-electron chi connectivity index (χ0n) is 19.7. The summed E-state index contributed by atoms with van der Waals surface area (Å²) in [6.45, 7) is 6.22. The number of Topliss-reactive ketones (excluding diaryl/α,β-unsaturated/α-hetero) is 1. The minimum absolute atomic E-state index is 0.0646. The third-order valence-electron chi connectivity index (χ3n) is 6.74. The van der Waals surface area contributed by atoms with E-state index in [1.165, 1.54) is 17.5 Å². The third kappa shape index (κ3) is 5.90. The maximum atomic E-state index is 13.5. The molecule has 176 valence electrons. The molecule has 2 atom stereocenters. The highest BCUT2D eigenvalue weighted by atomic mass is 32.2. The van der Waals surface area contributed by atoms with E-state index < -0.39 is 9.84 Å². The number of thioether (sulfide) groups is 1. The van der Waals surface area contributed by atoms with Gasteiger partial charge < -0.3 is 4.90 Å². The van der Waals surface area contributed by atoms with Crippen molar-refractivity contribution in [2.24, 2.45) is 5.92 Å². The Bertz CT molecular complexity index is 1150. The Morgan fingerprint density at radius 3 is 2.52 bits per heavy atom. The van der Waals surface area contributed by atoms with E-state index in [9.17, 15) is 13.2 Å². The average molecular weight is 484 g/mol. The quantitative estimate of drug-likeness (QED) is 0.462. The number of ketones is 1. The van der Waals surface area contributed by atoms with Gasteiger partial charge in [-0.25, -0.2) is 8.42 Å². The molecule has 0 bridgehead atoms. The first-order valence-electron chi connectivity index (χ1n) is 11.7. The molecule has 2 aromatic carbocycles. The Labute approximate surface area is 202 Å². The van der Waals surface area contributed by atoms with Crippen molar-refractivity contribution in [2.45, 2.75) is 56.1 Å². The lowest BCUT2D eigenvalue weighted by Crippen LogP contribution is -2.24. The lowest BCUT2D eigenvalue weighted by atomic mass is 9.88. The Morgan fingerprint density at radius 2 is 1.85 bits per heavy atom. The Kier molecular flexibility index (Phi) is 7.34. The molecule has 33 heavy (non-hydrogen) atoms. The summed E-state index contributed by atoms with van der Waals surface area (Å²) >= 11 is 1.77. The van der Waals surface area contributed by atoms with Crippen molar-refractivity contribution in [1.82, 2.24) is 0 Å². The lowest BCUT2D eigenvalue weighted by molar-refractivity contribution is 0.0957. The minimum atomic E-state index is -3.37. The van der Waals surface area contributed by atoms with Gasteiger partial charge in [0.25, 0.3) is 0 Å². The van der Waals surface area contributed by atoms with Crippen LogP contribution in [0.25, 0.3) is 5.57 Å². The summed E-state index contributed by atoms with van der Waals surface area (Å²) in [5.74, 6) is 0.378. The monoisotopic (exact) mass is 483 g/mol. The van der Waals surface area contributed by atoms with E-state index in [1.807, 2.05) is 6.07 Å². The number of carbonyl (C=O) groups is 1. The highest BCUT2D eigenvalue weighted by Gasteiger charge is 2.25. The fourth-order valence-electron chi connectivity index (χ4n) is 4.80. The second kappa shape index (κ2) is 10.1. The third-order valence-corrected chi connectivity index (χ3v) is 8.90. The topological polar surface area (TPSA) is 54.5 Å². The largest absolute Gasteiger partial charge is 0.372 e. The van der Waals surface area contributed by atoms with Crippen LogP contribution in [0.15, 0.2) is 52.8 Å². The van der Waals surface area contributed by atoms with E-state index >= 15 is 0 Å². The highest BCUT2D eigenvalue weighted by Crippen LogP contribution is 2.38. The molecule has 2 heterocycles. The minimum Gasteiger partial charge on any atom is -0.372 e. The second-order valence-electron chi connectivity index (χ2n) is 9.52. The molecule has 2 unspecified atom stereocenters. The zero-order chi connectivity index (χ0) is 23.6. The SMILES string of the molecule is Cc1ccc(N2CCCC(CC(=O)c3cc(S(C)(=O)=O)ccc3C3=CSC(C)C3)CC2)cc1. The van der Waals surface area contributed by atoms with E-state index in [1.54, 1.807) is 23.9 Å². The van der Waals surface area contributed by atoms with Gasteiger partial charge in [0.15, 0.2) is 15.6 Å². The molecule has 1 saturated heterocycles. The van der Waals surface area contributed by atoms with Crippen LogP contribution in [0.3, 0.4) is 0 Å². The van der Waals surface area contributed by atoms with Crippen molar-refractivity contribution in [3.63, 3.8) is 0 Å². The van der Waals surface area contributed by atoms with Crippen LogP contribution in [0.2, 0.25) is 0 Å². The molecule has 0 radical (unpaired) electrons. The zero-order valence-corrected chi connectivity index (χ0v) is 21.3. The van der Waals surface area contributed by atoms with Crippen LogP contribution in [-0.4, -0.2) is 38.8 Å². The fourth-order valence-corrected chi connectivity index (χ4v) is 6.34. The summed E-state index contributed by atoms with van der Waals surface area (Å²) in [6, 6.07) is 13.7. The molecule has 0 aromatic heterocycles. The number of anilines is 1. The predicted molar refractivity (Wildman–Crippen MR) is 139 cm³/mol. The van der Waals surface area contributed by atoms with Gasteiger partial charge in [-0.1, -0.05) is 30.7 Å². The van der Waals surface area contributed by atoms with Gasteiger partial charge in [-0.3, -0.25) is 4.79 Å². The summed E-state index contributed by atoms with van der Waals surface area (Å²) in [6.07, 6.45) is 5.62. The van der Waals surface area contributed by atoms with E-state index in [0.717, 1.165) is 49.9 Å². The molecule has 4 rings (SSSR count). The van der Waals surface area contributed by atoms with Crippen molar-refractivity contribution in [1.29, 1.82) is 0 Å². The van der Waals surface area contributed by atoms with Gasteiger partial charge in [0.2, 0.25) is 0 Å². The molecular weight excluding hydrogens is 450 g/mol. The first-order chi connectivity index (χ1) is 15.7. The van der Waals surface area contributed by atoms with Crippen LogP contribution in [0.5, 0.6) is 0 Å². The number of hydrogen-bond donors (Lipinski definition) is 0. The van der Waals surface area contributed by atoms with Gasteiger partial charge in [0, 0.05) is 42.3 Å². The molecule has 2 aliphatic heterocycles. The smallest absolute Gasteiger partial charge is 0.175 e. The summed E-state index contributed by atoms with van der Waals surface area (Å²) in [5, 5.41) is 2.61. The maximum Gasteiger partial charge on any atom is 0.175 e. The number of nitrogens with zero attached hydrogens (tertiary/aromatic N) is 1. The van der Waals surface area contributed by atoms with Crippen molar-refractivity contribution in [3.8, 4) is 0 Å². The van der Waals surface area contributed by atoms with E-state index in [2.05, 4.69) is 48.4 Å². The van der Waals surface area contributed by atoms with Crippen LogP contribution >= 0.6 is 11.8 Å². The van der Waals surface area contributed by atoms with Gasteiger partial charge >= 0.3 is 0 Å². The van der Waals surface area contributed by atoms with E-state index in [-0.39, 0.29) is 10.7 Å². The van der Waals surface area contributed by atoms with Gasteiger partial charge in [0.05, 0.1) is 4.90 Å². The van der Waals surface area contributed by atoms with Crippen LogP contribution in [0.1, 0.15) is 60.5 Å². The normalized spacial score (nSPS) is 21.5. The first-order valence-corrected chi connectivity index (χ1v) is 14.6. The van der Waals surface area contributed by atoms with Crippen LogP contribution in [0.4, 0.5) is 5.69 Å². The summed E-state index contributed by atoms with van der Waals surface area (Å²) in [4.78, 5) is 16.2. The molecule has 6 heteroatoms. The molecule has 0 saturated carbocycles. The molecule has 0 spiro atoms. The first kappa shape index (κ1) is 24.1. The summed E-state index contributed by atoms with van der Waals surface area (Å²) in [5.41, 5.74) is 5.12. The van der Waals surface area contributed by atoms with Crippen LogP contribution in [0, 0.1) is 12.8 Å². The molecule has 1 fully saturated rings. The van der Waals surface area contributed by atoms with Crippen molar-refractivity contribution in [3.05, 3.63) is 64.6 Å². The van der Waals surface area contributed by atoms with E-state index in [0.29, 0.717) is 23.2 Å². The molecule has 2 aliphatic rings. The molecule has 2 aromatic rings. The summed E-state index contributed by atoms with van der Waals surface area (Å²) < 4.78 is 24.4. The van der Waals surface area contributed by atoms with Crippen molar-refractivity contribution in [2.75, 3.05) is 24.2 Å². The Morgan fingerprint density at radius 1 is 1.09 bits per heavy atom. The van der Waals surface area contributed by atoms with Gasteiger partial charge in [0.1, 0.15) is 0 Å². The molecule has 0 amide bonds. The predicted octanol–water partition coefficient (Wildman–Crippen LogP) is 6.14. The average Bonchev–Trinajstić information content (AvgIpc) is 3.07. The number of sulfone groups is 1. The van der Waals surface area contributed by atoms with E-state index in [4.69, 9.17) is 0 Å². The van der Waals surface area contributed by atoms with Gasteiger partial charge in [-0.05, 0) is 79.3 Å².